The second-order valence-electron chi connectivity index (χ2n) is 7.26. The smallest absolute Gasteiger partial charge is 0.190 e. The van der Waals surface area contributed by atoms with Crippen molar-refractivity contribution in [3.63, 3.8) is 0 Å². The zero-order chi connectivity index (χ0) is 19.5. The molecule has 1 saturated heterocycles. The van der Waals surface area contributed by atoms with E-state index in [-0.39, 0.29) is 5.43 Å². The number of nitrogens with zero attached hydrogens (tertiary/aromatic N) is 1. The van der Waals surface area contributed by atoms with E-state index in [1.54, 1.807) is 19.2 Å². The first kappa shape index (κ1) is 18.6. The Hall–Kier alpha value is -2.73. The summed E-state index contributed by atoms with van der Waals surface area (Å²) in [6.07, 6.45) is 3.55. The lowest BCUT2D eigenvalue weighted by Crippen LogP contribution is -2.21. The standard InChI is InChI=1S/C22H26N2O4/c1-15-6-7-20(28-15)18-13-19(25)16-12-21(26-2)22(14-17(16)23-18)27-11-5-10-24-8-3-4-9-24/h6-7,12-14H,3-5,8-11H2,1-2H3,(H,23,25). The maximum Gasteiger partial charge on any atom is 0.190 e. The molecular formula is C22H26N2O4. The Morgan fingerprint density at radius 1 is 1.14 bits per heavy atom. The van der Waals surface area contributed by atoms with Crippen LogP contribution in [0.25, 0.3) is 22.4 Å². The number of hydrogen-bond donors (Lipinski definition) is 1. The first-order valence-corrected chi connectivity index (χ1v) is 9.81. The van der Waals surface area contributed by atoms with Crippen LogP contribution in [0.2, 0.25) is 0 Å². The van der Waals surface area contributed by atoms with Crippen molar-refractivity contribution in [2.75, 3.05) is 33.4 Å². The normalized spacial score (nSPS) is 14.6. The fraction of sp³-hybridized carbons (Fsp3) is 0.409. The Morgan fingerprint density at radius 3 is 2.68 bits per heavy atom. The van der Waals surface area contributed by atoms with Gasteiger partial charge in [0.15, 0.2) is 22.7 Å². The van der Waals surface area contributed by atoms with Crippen LogP contribution in [0.4, 0.5) is 0 Å². The van der Waals surface area contributed by atoms with E-state index in [4.69, 9.17) is 13.9 Å². The molecule has 1 aliphatic heterocycles. The number of likely N-dealkylation sites (tertiary alicyclic amines) is 1. The van der Waals surface area contributed by atoms with Gasteiger partial charge in [0, 0.05) is 24.1 Å². The third-order valence-corrected chi connectivity index (χ3v) is 5.19. The zero-order valence-electron chi connectivity index (χ0n) is 16.4. The zero-order valence-corrected chi connectivity index (χ0v) is 16.4. The lowest BCUT2D eigenvalue weighted by atomic mass is 10.1. The SMILES string of the molecule is COc1cc2c(=O)cc(-c3ccc(C)o3)[nH]c2cc1OCCCN1CCCC1. The average Bonchev–Trinajstić information content (AvgIpc) is 3.36. The van der Waals surface area contributed by atoms with E-state index in [2.05, 4.69) is 9.88 Å². The third-order valence-electron chi connectivity index (χ3n) is 5.19. The summed E-state index contributed by atoms with van der Waals surface area (Å²) < 4.78 is 17.1. The van der Waals surface area contributed by atoms with Crippen LogP contribution in [0, 0.1) is 6.92 Å². The molecule has 0 spiro atoms. The molecule has 6 heteroatoms. The van der Waals surface area contributed by atoms with Gasteiger partial charge in [0.1, 0.15) is 5.76 Å². The van der Waals surface area contributed by atoms with E-state index < -0.39 is 0 Å². The molecule has 2 aromatic heterocycles. The van der Waals surface area contributed by atoms with Gasteiger partial charge in [-0.3, -0.25) is 4.79 Å². The maximum atomic E-state index is 12.6. The average molecular weight is 382 g/mol. The molecule has 3 heterocycles. The number of ether oxygens (including phenoxy) is 2. The van der Waals surface area contributed by atoms with Crippen molar-refractivity contribution >= 4 is 10.9 Å². The van der Waals surface area contributed by atoms with Gasteiger partial charge >= 0.3 is 0 Å². The molecule has 1 fully saturated rings. The van der Waals surface area contributed by atoms with Crippen LogP contribution in [0.5, 0.6) is 11.5 Å². The van der Waals surface area contributed by atoms with Crippen molar-refractivity contribution in [3.8, 4) is 23.0 Å². The van der Waals surface area contributed by atoms with Crippen LogP contribution in [0.15, 0.2) is 39.5 Å². The van der Waals surface area contributed by atoms with Gasteiger partial charge in [-0.1, -0.05) is 0 Å². The van der Waals surface area contributed by atoms with E-state index >= 15 is 0 Å². The number of aryl methyl sites for hydroxylation is 1. The summed E-state index contributed by atoms with van der Waals surface area (Å²) in [5.74, 6) is 2.65. The van der Waals surface area contributed by atoms with Gasteiger partial charge in [0.2, 0.25) is 0 Å². The molecule has 3 aromatic rings. The third kappa shape index (κ3) is 3.92. The Kier molecular flexibility index (Phi) is 5.39. The highest BCUT2D eigenvalue weighted by atomic mass is 16.5. The molecular weight excluding hydrogens is 356 g/mol. The molecule has 1 aliphatic rings. The van der Waals surface area contributed by atoms with Crippen molar-refractivity contribution in [2.24, 2.45) is 0 Å². The molecule has 0 atom stereocenters. The molecule has 0 aliphatic carbocycles. The summed E-state index contributed by atoms with van der Waals surface area (Å²) in [4.78, 5) is 18.4. The largest absolute Gasteiger partial charge is 0.493 e. The molecule has 4 rings (SSSR count). The summed E-state index contributed by atoms with van der Waals surface area (Å²) in [5, 5.41) is 0.563. The highest BCUT2D eigenvalue weighted by Gasteiger charge is 2.14. The number of aromatic nitrogens is 1. The quantitative estimate of drug-likeness (QED) is 0.626. The number of fused-ring (bicyclic) bond motifs is 1. The van der Waals surface area contributed by atoms with Crippen LogP contribution in [-0.2, 0) is 0 Å². The van der Waals surface area contributed by atoms with Gasteiger partial charge in [-0.2, -0.15) is 0 Å². The molecule has 6 nitrogen and oxygen atoms in total. The monoisotopic (exact) mass is 382 g/mol. The lowest BCUT2D eigenvalue weighted by Gasteiger charge is -2.16. The molecule has 28 heavy (non-hydrogen) atoms. The number of furan rings is 1. The maximum absolute atomic E-state index is 12.6. The molecule has 0 saturated carbocycles. The highest BCUT2D eigenvalue weighted by molar-refractivity contribution is 5.84. The fourth-order valence-corrected chi connectivity index (χ4v) is 3.72. The topological polar surface area (TPSA) is 67.7 Å². The van der Waals surface area contributed by atoms with Gasteiger partial charge in [0.25, 0.3) is 0 Å². The number of pyridine rings is 1. The number of methoxy groups -OCH3 is 1. The van der Waals surface area contributed by atoms with Gasteiger partial charge in [0.05, 0.1) is 24.9 Å². The number of hydrogen-bond acceptors (Lipinski definition) is 5. The molecule has 1 aromatic carbocycles. The van der Waals surface area contributed by atoms with E-state index in [0.29, 0.717) is 40.5 Å². The summed E-state index contributed by atoms with van der Waals surface area (Å²) in [6.45, 7) is 5.92. The fourth-order valence-electron chi connectivity index (χ4n) is 3.72. The Morgan fingerprint density at radius 2 is 1.96 bits per heavy atom. The van der Waals surface area contributed by atoms with Crippen molar-refractivity contribution in [2.45, 2.75) is 26.2 Å². The van der Waals surface area contributed by atoms with E-state index in [0.717, 1.165) is 18.7 Å². The van der Waals surface area contributed by atoms with E-state index in [1.165, 1.54) is 25.9 Å². The minimum atomic E-state index is -0.0864. The first-order chi connectivity index (χ1) is 13.6. The molecule has 0 amide bonds. The van der Waals surface area contributed by atoms with E-state index in [1.807, 2.05) is 25.1 Å². The Balaban J connectivity index is 1.57. The van der Waals surface area contributed by atoms with E-state index in [9.17, 15) is 4.79 Å². The molecule has 1 N–H and O–H groups in total. The predicted octanol–water partition coefficient (Wildman–Crippen LogP) is 3.97. The van der Waals surface area contributed by atoms with Crippen molar-refractivity contribution in [3.05, 3.63) is 46.3 Å². The van der Waals surface area contributed by atoms with Crippen LogP contribution in [0.1, 0.15) is 25.0 Å². The summed E-state index contributed by atoms with van der Waals surface area (Å²) in [6, 6.07) is 8.86. The molecule has 148 valence electrons. The first-order valence-electron chi connectivity index (χ1n) is 9.81. The van der Waals surface area contributed by atoms with Crippen LogP contribution in [-0.4, -0.2) is 43.2 Å². The van der Waals surface area contributed by atoms with Crippen molar-refractivity contribution in [1.82, 2.24) is 9.88 Å². The predicted molar refractivity (Wildman–Crippen MR) is 109 cm³/mol. The second-order valence-corrected chi connectivity index (χ2v) is 7.26. The number of aromatic amines is 1. The number of H-pyrrole nitrogens is 1. The second kappa shape index (κ2) is 8.10. The summed E-state index contributed by atoms with van der Waals surface area (Å²) >= 11 is 0. The van der Waals surface area contributed by atoms with Crippen LogP contribution < -0.4 is 14.9 Å². The Labute approximate surface area is 164 Å². The van der Waals surface area contributed by atoms with Gasteiger partial charge in [-0.25, -0.2) is 0 Å². The minimum Gasteiger partial charge on any atom is -0.493 e. The number of nitrogens with one attached hydrogen (secondary N) is 1. The minimum absolute atomic E-state index is 0.0864. The van der Waals surface area contributed by atoms with Crippen molar-refractivity contribution < 1.29 is 13.9 Å². The summed E-state index contributed by atoms with van der Waals surface area (Å²) in [7, 11) is 1.59. The van der Waals surface area contributed by atoms with Crippen LogP contribution >= 0.6 is 0 Å². The molecule has 0 bridgehead atoms. The van der Waals surface area contributed by atoms with Gasteiger partial charge in [-0.05, 0) is 57.5 Å². The number of benzene rings is 1. The van der Waals surface area contributed by atoms with Crippen LogP contribution in [0.3, 0.4) is 0 Å². The Bertz CT molecular complexity index is 1020. The van der Waals surface area contributed by atoms with Gasteiger partial charge in [-0.15, -0.1) is 0 Å². The number of rotatable bonds is 7. The lowest BCUT2D eigenvalue weighted by molar-refractivity contribution is 0.254. The highest BCUT2D eigenvalue weighted by Crippen LogP contribution is 2.32. The van der Waals surface area contributed by atoms with Gasteiger partial charge < -0.3 is 23.8 Å². The summed E-state index contributed by atoms with van der Waals surface area (Å²) in [5.41, 5.74) is 1.26. The molecule has 0 unspecified atom stereocenters. The van der Waals surface area contributed by atoms with Crippen molar-refractivity contribution in [1.29, 1.82) is 0 Å². The molecule has 0 radical (unpaired) electrons.